The number of aromatic amines is 1. The van der Waals surface area contributed by atoms with Crippen molar-refractivity contribution in [2.24, 2.45) is 28.1 Å². The first-order valence-corrected chi connectivity index (χ1v) is 24.1. The quantitative estimate of drug-likeness (QED) is 0.0233. The van der Waals surface area contributed by atoms with E-state index in [0.717, 1.165) is 48.6 Å². The van der Waals surface area contributed by atoms with Crippen molar-refractivity contribution in [1.82, 2.24) is 36.9 Å². The number of hydrogen-bond acceptors (Lipinski definition) is 9. The molecule has 70 heavy (non-hydrogen) atoms. The Hall–Kier alpha value is -7.28. The second-order valence-corrected chi connectivity index (χ2v) is 18.0. The number of aliphatic carboxylic acids is 1. The average molecular weight is 964 g/mol. The van der Waals surface area contributed by atoms with Crippen LogP contribution in [0, 0.1) is 5.92 Å². The number of carboxylic acids is 1. The number of amides is 6. The lowest BCUT2D eigenvalue weighted by Gasteiger charge is -2.30. The Labute approximate surface area is 408 Å². The summed E-state index contributed by atoms with van der Waals surface area (Å²) < 4.78 is 0. The summed E-state index contributed by atoms with van der Waals surface area (Å²) in [5, 5.41) is 27.6. The van der Waals surface area contributed by atoms with Gasteiger partial charge in [-0.1, -0.05) is 111 Å². The van der Waals surface area contributed by atoms with E-state index in [-0.39, 0.29) is 69.9 Å². The van der Waals surface area contributed by atoms with Crippen LogP contribution in [-0.2, 0) is 52.8 Å². The summed E-state index contributed by atoms with van der Waals surface area (Å²) in [7, 11) is 0. The van der Waals surface area contributed by atoms with Crippen molar-refractivity contribution in [3.63, 3.8) is 0 Å². The highest BCUT2D eigenvalue weighted by molar-refractivity contribution is 5.97. The number of hydrogen-bond donors (Lipinski definition) is 11. The zero-order chi connectivity index (χ0) is 50.4. The summed E-state index contributed by atoms with van der Waals surface area (Å²) in [6, 6.07) is 18.3. The number of nitrogens with one attached hydrogen (secondary N) is 7. The number of rotatable bonds is 27. The fraction of sp³-hybridized carbons (Fsp3) is 0.451. The molecule has 0 radical (unpaired) electrons. The first kappa shape index (κ1) is 53.7. The fourth-order valence-corrected chi connectivity index (χ4v) is 8.79. The molecular formula is C51H69N11O8. The molecule has 0 unspecified atom stereocenters. The molecule has 4 aromatic rings. The Balaban J connectivity index is 1.42. The van der Waals surface area contributed by atoms with Gasteiger partial charge in [0.2, 0.25) is 35.4 Å². The number of carboxylic acid groups (broad SMARTS) is 1. The highest BCUT2D eigenvalue weighted by Gasteiger charge is 2.35. The molecule has 1 aliphatic carbocycles. The van der Waals surface area contributed by atoms with E-state index >= 15 is 0 Å². The van der Waals surface area contributed by atoms with Crippen molar-refractivity contribution >= 4 is 58.3 Å². The van der Waals surface area contributed by atoms with Gasteiger partial charge in [-0.25, -0.2) is 4.79 Å². The van der Waals surface area contributed by atoms with E-state index in [1.807, 2.05) is 60.7 Å². The molecule has 1 aliphatic rings. The monoisotopic (exact) mass is 964 g/mol. The number of para-hydroxylation sites is 1. The summed E-state index contributed by atoms with van der Waals surface area (Å²) in [5.74, 6) is -5.18. The Morgan fingerprint density at radius 1 is 0.614 bits per heavy atom. The van der Waals surface area contributed by atoms with Crippen LogP contribution in [0.3, 0.4) is 0 Å². The van der Waals surface area contributed by atoms with Crippen LogP contribution in [0.25, 0.3) is 10.9 Å². The van der Waals surface area contributed by atoms with Gasteiger partial charge in [-0.05, 0) is 67.3 Å². The number of guanidine groups is 1. The van der Waals surface area contributed by atoms with Gasteiger partial charge in [0.15, 0.2) is 5.96 Å². The predicted octanol–water partition coefficient (Wildman–Crippen LogP) is 1.97. The second kappa shape index (κ2) is 27.6. The predicted molar refractivity (Wildman–Crippen MR) is 267 cm³/mol. The van der Waals surface area contributed by atoms with Crippen molar-refractivity contribution < 1.29 is 38.7 Å². The van der Waals surface area contributed by atoms with E-state index in [1.54, 1.807) is 30.5 Å². The van der Waals surface area contributed by atoms with Crippen LogP contribution >= 0.6 is 0 Å². The maximum atomic E-state index is 14.7. The standard InChI is InChI=1S/C51H69N11O8/c1-32(63)57-41(27-33-15-5-2-6-16-33)46(65)58-39(23-13-25-52)45(64)60-42(28-34-17-7-3-8-18-34)47(66)61-43(29-35-19-9-4-10-20-35)48(67)62-44(30-36-31-56-38-22-12-11-21-37(36)38)49(68)59-40(50(69)70)24-14-26-55-51(53)54/h2-3,5-8,11-12,15-18,21-22,31,35,39-44,56H,4,9-10,13-14,19-20,23-30,52H2,1H3,(H,57,63)(H,58,65)(H,59,68)(H,60,64)(H,61,66)(H,62,67)(H,69,70)(H4,53,54,55)/t39-,40-,41-,42-,43+,44-/m0/s1. The van der Waals surface area contributed by atoms with Crippen molar-refractivity contribution in [3.05, 3.63) is 108 Å². The van der Waals surface area contributed by atoms with Gasteiger partial charge < -0.3 is 59.2 Å². The molecule has 19 heteroatoms. The van der Waals surface area contributed by atoms with Crippen molar-refractivity contribution in [2.45, 2.75) is 127 Å². The second-order valence-electron chi connectivity index (χ2n) is 18.0. The summed E-state index contributed by atoms with van der Waals surface area (Å²) in [4.78, 5) is 103. The largest absolute Gasteiger partial charge is 0.480 e. The average Bonchev–Trinajstić information content (AvgIpc) is 3.75. The summed E-state index contributed by atoms with van der Waals surface area (Å²) in [5.41, 5.74) is 19.7. The minimum atomic E-state index is -1.33. The summed E-state index contributed by atoms with van der Waals surface area (Å²) in [6.45, 7) is 1.65. The lowest BCUT2D eigenvalue weighted by atomic mass is 9.84. The molecule has 14 N–H and O–H groups in total. The fourth-order valence-electron chi connectivity index (χ4n) is 8.79. The summed E-state index contributed by atoms with van der Waals surface area (Å²) >= 11 is 0. The number of fused-ring (bicyclic) bond motifs is 1. The van der Waals surface area contributed by atoms with Gasteiger partial charge in [0.25, 0.3) is 0 Å². The smallest absolute Gasteiger partial charge is 0.326 e. The van der Waals surface area contributed by atoms with Crippen molar-refractivity contribution in [3.8, 4) is 0 Å². The minimum absolute atomic E-state index is 0.000816. The minimum Gasteiger partial charge on any atom is -0.480 e. The first-order chi connectivity index (χ1) is 33.7. The molecule has 0 bridgehead atoms. The number of aromatic nitrogens is 1. The maximum absolute atomic E-state index is 14.7. The van der Waals surface area contributed by atoms with Gasteiger partial charge in [0.05, 0.1) is 0 Å². The zero-order valence-corrected chi connectivity index (χ0v) is 39.8. The molecular weight excluding hydrogens is 895 g/mol. The summed E-state index contributed by atoms with van der Waals surface area (Å²) in [6.07, 6.45) is 7.37. The van der Waals surface area contributed by atoms with E-state index in [2.05, 4.69) is 41.9 Å². The first-order valence-electron chi connectivity index (χ1n) is 24.1. The zero-order valence-electron chi connectivity index (χ0n) is 39.8. The third-order valence-corrected chi connectivity index (χ3v) is 12.4. The van der Waals surface area contributed by atoms with Gasteiger partial charge in [0, 0.05) is 49.8 Å². The number of H-pyrrole nitrogens is 1. The van der Waals surface area contributed by atoms with Crippen LogP contribution < -0.4 is 49.1 Å². The number of carbonyl (C=O) groups is 7. The van der Waals surface area contributed by atoms with Gasteiger partial charge in [-0.3, -0.25) is 33.8 Å². The number of carbonyl (C=O) groups excluding carboxylic acids is 6. The van der Waals surface area contributed by atoms with Crippen LogP contribution in [0.15, 0.2) is 96.1 Å². The molecule has 376 valence electrons. The highest BCUT2D eigenvalue weighted by atomic mass is 16.4. The van der Waals surface area contributed by atoms with Crippen LogP contribution in [-0.4, -0.2) is 107 Å². The molecule has 0 saturated heterocycles. The third-order valence-electron chi connectivity index (χ3n) is 12.4. The van der Waals surface area contributed by atoms with Gasteiger partial charge in [0.1, 0.15) is 36.3 Å². The van der Waals surface area contributed by atoms with Crippen LogP contribution in [0.2, 0.25) is 0 Å². The van der Waals surface area contributed by atoms with Gasteiger partial charge >= 0.3 is 5.97 Å². The Morgan fingerprint density at radius 3 is 1.67 bits per heavy atom. The highest BCUT2D eigenvalue weighted by Crippen LogP contribution is 2.28. The lowest BCUT2D eigenvalue weighted by molar-refractivity contribution is -0.142. The number of nitrogens with two attached hydrogens (primary N) is 3. The molecule has 0 aliphatic heterocycles. The van der Waals surface area contributed by atoms with E-state index in [0.29, 0.717) is 17.5 Å². The van der Waals surface area contributed by atoms with E-state index in [1.165, 1.54) is 6.92 Å². The molecule has 1 fully saturated rings. The van der Waals surface area contributed by atoms with E-state index in [4.69, 9.17) is 17.2 Å². The molecule has 19 nitrogen and oxygen atoms in total. The Kier molecular flexibility index (Phi) is 21.2. The molecule has 0 spiro atoms. The molecule has 1 saturated carbocycles. The third kappa shape index (κ3) is 17.4. The maximum Gasteiger partial charge on any atom is 0.326 e. The molecule has 3 aromatic carbocycles. The SMILES string of the molecule is CC(=O)N[C@@H](Cc1ccccc1)C(=O)N[C@@H](CCCN)C(=O)N[C@@H](Cc1ccccc1)C(=O)N[C@H](CC1CCCCC1)C(=O)N[C@@H](Cc1c[nH]c2ccccc12)C(=O)N[C@@H](CCCN=C(N)N)C(=O)O. The van der Waals surface area contributed by atoms with Crippen LogP contribution in [0.5, 0.6) is 0 Å². The van der Waals surface area contributed by atoms with Crippen LogP contribution in [0.4, 0.5) is 0 Å². The normalized spacial score (nSPS) is 15.2. The topological polar surface area (TPSA) is 318 Å². The molecule has 6 amide bonds. The molecule has 6 atom stereocenters. The Morgan fingerprint density at radius 2 is 1.10 bits per heavy atom. The van der Waals surface area contributed by atoms with E-state index < -0.39 is 77.7 Å². The van der Waals surface area contributed by atoms with Crippen LogP contribution in [0.1, 0.15) is 87.8 Å². The molecule has 1 heterocycles. The van der Waals surface area contributed by atoms with Crippen molar-refractivity contribution in [1.29, 1.82) is 0 Å². The van der Waals surface area contributed by atoms with Crippen molar-refractivity contribution in [2.75, 3.05) is 13.1 Å². The van der Waals surface area contributed by atoms with E-state index in [9.17, 15) is 38.7 Å². The molecule has 5 rings (SSSR count). The lowest BCUT2D eigenvalue weighted by Crippen LogP contribution is -2.60. The van der Waals surface area contributed by atoms with Gasteiger partial charge in [-0.2, -0.15) is 0 Å². The number of nitrogens with zero attached hydrogens (tertiary/aromatic N) is 1. The number of benzene rings is 3. The molecule has 1 aromatic heterocycles. The number of aliphatic imine (C=N–C) groups is 1. The Bertz CT molecular complexity index is 2390. The van der Waals surface area contributed by atoms with Gasteiger partial charge in [-0.15, -0.1) is 0 Å².